The van der Waals surface area contributed by atoms with Crippen LogP contribution in [0.1, 0.15) is 93.4 Å². The largest absolute Gasteiger partial charge is 1.00 e. The van der Waals surface area contributed by atoms with E-state index >= 15 is 0 Å². The SMILES string of the molecule is CC/C=C(\OC)C(=O)N[C@@H](C)/C=C(C)/C=C(\C)C[P+](CCCC)(CCCC)CCCC.[Br-]. The first-order valence-electron chi connectivity index (χ1n) is 12.5. The highest BCUT2D eigenvalue weighted by Gasteiger charge is 2.35. The smallest absolute Gasteiger partial charge is 0.286 e. The molecule has 1 N–H and O–H groups in total. The van der Waals surface area contributed by atoms with Crippen molar-refractivity contribution in [2.45, 2.75) is 99.5 Å². The first-order chi connectivity index (χ1) is 14.8. The molecule has 188 valence electrons. The van der Waals surface area contributed by atoms with E-state index in [9.17, 15) is 4.79 Å². The first-order valence-corrected chi connectivity index (χ1v) is 15.1. The van der Waals surface area contributed by atoms with Gasteiger partial charge in [0, 0.05) is 13.3 Å². The molecule has 0 rings (SSSR count). The van der Waals surface area contributed by atoms with Gasteiger partial charge in [0.25, 0.3) is 5.91 Å². The van der Waals surface area contributed by atoms with Gasteiger partial charge < -0.3 is 27.0 Å². The zero-order chi connectivity index (χ0) is 23.7. The number of carbonyl (C=O) groups is 1. The number of rotatable bonds is 17. The van der Waals surface area contributed by atoms with Gasteiger partial charge in [-0.25, -0.2) is 0 Å². The van der Waals surface area contributed by atoms with E-state index in [2.05, 4.69) is 52.1 Å². The number of amides is 1. The predicted octanol–water partition coefficient (Wildman–Crippen LogP) is 4.75. The van der Waals surface area contributed by atoms with Gasteiger partial charge in [-0.15, -0.1) is 0 Å². The fraction of sp³-hybridized carbons (Fsp3) is 0.741. The summed E-state index contributed by atoms with van der Waals surface area (Å²) in [6.07, 6.45) is 20.8. The van der Waals surface area contributed by atoms with Crippen LogP contribution in [-0.4, -0.2) is 43.7 Å². The Kier molecular flexibility index (Phi) is 20.8. The summed E-state index contributed by atoms with van der Waals surface area (Å²) >= 11 is 0. The monoisotopic (exact) mass is 531 g/mol. The molecule has 5 heteroatoms. The van der Waals surface area contributed by atoms with Crippen LogP contribution in [0, 0.1) is 0 Å². The molecule has 0 bridgehead atoms. The van der Waals surface area contributed by atoms with Crippen LogP contribution in [0.25, 0.3) is 0 Å². The summed E-state index contributed by atoms with van der Waals surface area (Å²) in [5.74, 6) is 0.245. The van der Waals surface area contributed by atoms with E-state index in [4.69, 9.17) is 4.74 Å². The number of allylic oxidation sites excluding steroid dienone is 4. The van der Waals surface area contributed by atoms with Crippen molar-refractivity contribution in [3.63, 3.8) is 0 Å². The van der Waals surface area contributed by atoms with Crippen LogP contribution >= 0.6 is 7.26 Å². The third-order valence-corrected chi connectivity index (χ3v) is 10.7. The lowest BCUT2D eigenvalue weighted by Gasteiger charge is -2.28. The predicted molar refractivity (Wildman–Crippen MR) is 142 cm³/mol. The van der Waals surface area contributed by atoms with Crippen molar-refractivity contribution in [3.8, 4) is 0 Å². The van der Waals surface area contributed by atoms with Gasteiger partial charge in [-0.05, 0) is 58.1 Å². The molecular formula is C27H51BrNO2P. The average molecular weight is 533 g/mol. The van der Waals surface area contributed by atoms with Crippen LogP contribution in [0.5, 0.6) is 0 Å². The van der Waals surface area contributed by atoms with Crippen molar-refractivity contribution in [1.29, 1.82) is 0 Å². The number of hydrogen-bond donors (Lipinski definition) is 1. The Bertz CT molecular complexity index is 577. The van der Waals surface area contributed by atoms with E-state index in [1.54, 1.807) is 7.11 Å². The number of halogens is 1. The second-order valence-electron chi connectivity index (χ2n) is 9.08. The molecule has 0 aliphatic rings. The molecule has 0 aliphatic carbocycles. The minimum absolute atomic E-state index is 0. The standard InChI is InChI=1S/C27H50NO2P.BrH/c1-9-13-17-31(18-14-10-2,19-15-11-3)22-24(6)20-23(5)21-25(7)28-27(29)26(30-8)16-12-4;/h16,20-21,25H,9-15,17-19,22H2,1-8H3;1H/b23-21+,24-20+,26-16-;/t25-;/m0./s1. The van der Waals surface area contributed by atoms with E-state index in [1.165, 1.54) is 74.3 Å². The normalized spacial score (nSPS) is 14.1. The highest BCUT2D eigenvalue weighted by Crippen LogP contribution is 2.61. The van der Waals surface area contributed by atoms with Crippen LogP contribution in [0.3, 0.4) is 0 Å². The minimum atomic E-state index is -0.929. The Morgan fingerprint density at radius 2 is 1.47 bits per heavy atom. The number of nitrogens with one attached hydrogen (secondary N) is 1. The maximum atomic E-state index is 12.3. The van der Waals surface area contributed by atoms with Gasteiger partial charge in [0.1, 0.15) is 0 Å². The zero-order valence-electron chi connectivity index (χ0n) is 22.2. The van der Waals surface area contributed by atoms with Crippen molar-refractivity contribution in [2.24, 2.45) is 0 Å². The van der Waals surface area contributed by atoms with Gasteiger partial charge in [-0.1, -0.05) is 64.7 Å². The molecule has 0 aromatic rings. The Morgan fingerprint density at radius 3 is 1.88 bits per heavy atom. The van der Waals surface area contributed by atoms with Crippen LogP contribution in [-0.2, 0) is 9.53 Å². The summed E-state index contributed by atoms with van der Waals surface area (Å²) in [4.78, 5) is 12.3. The molecular weight excluding hydrogens is 481 g/mol. The lowest BCUT2D eigenvalue weighted by molar-refractivity contribution is -0.120. The molecule has 0 spiro atoms. The molecule has 0 saturated carbocycles. The molecule has 0 aromatic carbocycles. The third kappa shape index (κ3) is 14.5. The number of methoxy groups -OCH3 is 1. The molecule has 0 aromatic heterocycles. The zero-order valence-corrected chi connectivity index (χ0v) is 24.7. The molecule has 1 atom stereocenters. The average Bonchev–Trinajstić information content (AvgIpc) is 2.72. The van der Waals surface area contributed by atoms with E-state index in [0.29, 0.717) is 5.76 Å². The number of hydrogen-bond acceptors (Lipinski definition) is 2. The Balaban J connectivity index is 0. The summed E-state index contributed by atoms with van der Waals surface area (Å²) in [7, 11) is 0.616. The molecule has 0 fully saturated rings. The maximum Gasteiger partial charge on any atom is 0.286 e. The minimum Gasteiger partial charge on any atom is -1.00 e. The second kappa shape index (κ2) is 19.8. The topological polar surface area (TPSA) is 38.3 Å². The molecule has 0 radical (unpaired) electrons. The van der Waals surface area contributed by atoms with E-state index < -0.39 is 7.26 Å². The highest BCUT2D eigenvalue weighted by molar-refractivity contribution is 7.76. The lowest BCUT2D eigenvalue weighted by atomic mass is 10.1. The summed E-state index contributed by atoms with van der Waals surface area (Å²) in [6.45, 7) is 15.4. The quantitative estimate of drug-likeness (QED) is 0.127. The molecule has 0 saturated heterocycles. The van der Waals surface area contributed by atoms with Gasteiger partial charge in [0.15, 0.2) is 5.76 Å². The second-order valence-corrected chi connectivity index (χ2v) is 13.4. The Morgan fingerprint density at radius 1 is 0.969 bits per heavy atom. The highest BCUT2D eigenvalue weighted by atomic mass is 79.9. The number of carbonyl (C=O) groups excluding carboxylic acids is 1. The van der Waals surface area contributed by atoms with Crippen molar-refractivity contribution in [3.05, 3.63) is 35.1 Å². The van der Waals surface area contributed by atoms with Gasteiger partial charge in [-0.2, -0.15) is 0 Å². The van der Waals surface area contributed by atoms with Gasteiger partial charge >= 0.3 is 0 Å². The first kappa shape index (κ1) is 33.6. The van der Waals surface area contributed by atoms with Crippen LogP contribution < -0.4 is 22.3 Å². The third-order valence-electron chi connectivity index (χ3n) is 5.72. The number of unbranched alkanes of at least 4 members (excludes halogenated alkanes) is 3. The van der Waals surface area contributed by atoms with Crippen molar-refractivity contribution < 1.29 is 26.5 Å². The van der Waals surface area contributed by atoms with E-state index in [0.717, 1.165) is 6.42 Å². The van der Waals surface area contributed by atoms with Crippen LogP contribution in [0.15, 0.2) is 35.1 Å². The van der Waals surface area contributed by atoms with Crippen molar-refractivity contribution in [2.75, 3.05) is 31.8 Å². The molecule has 0 aliphatic heterocycles. The molecule has 3 nitrogen and oxygen atoms in total. The number of ether oxygens (including phenoxy) is 1. The van der Waals surface area contributed by atoms with Gasteiger partial charge in [0.2, 0.25) is 0 Å². The van der Waals surface area contributed by atoms with Gasteiger partial charge in [0.05, 0.1) is 31.8 Å². The van der Waals surface area contributed by atoms with E-state index in [1.807, 2.05) is 19.9 Å². The summed E-state index contributed by atoms with van der Waals surface area (Å²) < 4.78 is 5.19. The Hall–Kier alpha value is -0.600. The molecule has 1 amide bonds. The molecule has 32 heavy (non-hydrogen) atoms. The summed E-state index contributed by atoms with van der Waals surface area (Å²) in [5.41, 5.74) is 2.73. The lowest BCUT2D eigenvalue weighted by Crippen LogP contribution is -3.00. The van der Waals surface area contributed by atoms with Crippen LogP contribution in [0.4, 0.5) is 0 Å². The Labute approximate surface area is 211 Å². The maximum absolute atomic E-state index is 12.3. The molecule has 0 unspecified atom stereocenters. The van der Waals surface area contributed by atoms with Crippen LogP contribution in [0.2, 0.25) is 0 Å². The van der Waals surface area contributed by atoms with Crippen molar-refractivity contribution >= 4 is 13.2 Å². The van der Waals surface area contributed by atoms with Gasteiger partial charge in [-0.3, -0.25) is 4.79 Å². The fourth-order valence-electron chi connectivity index (χ4n) is 4.23. The van der Waals surface area contributed by atoms with Crippen molar-refractivity contribution in [1.82, 2.24) is 5.32 Å². The summed E-state index contributed by atoms with van der Waals surface area (Å²) in [5, 5.41) is 3.02. The fourth-order valence-corrected chi connectivity index (χ4v) is 9.49. The summed E-state index contributed by atoms with van der Waals surface area (Å²) in [6, 6.07) is -0.0354. The van der Waals surface area contributed by atoms with E-state index in [-0.39, 0.29) is 28.9 Å². The molecule has 0 heterocycles.